The minimum Gasteiger partial charge on any atom is -0.313 e. The van der Waals surface area contributed by atoms with Crippen LogP contribution in [0.3, 0.4) is 0 Å². The summed E-state index contributed by atoms with van der Waals surface area (Å²) in [5.74, 6) is 0. The Morgan fingerprint density at radius 1 is 1.14 bits per heavy atom. The number of rotatable bonds is 5. The van der Waals surface area contributed by atoms with Gasteiger partial charge < -0.3 is 5.32 Å². The third kappa shape index (κ3) is 3.10. The lowest BCUT2D eigenvalue weighted by atomic mass is 9.57. The number of hydrogen-bond donors (Lipinski definition) is 1. The lowest BCUT2D eigenvalue weighted by Crippen LogP contribution is -2.54. The first-order chi connectivity index (χ1) is 10.2. The molecule has 2 aliphatic carbocycles. The topological polar surface area (TPSA) is 55.2 Å². The van der Waals surface area contributed by atoms with E-state index in [1.807, 2.05) is 12.1 Å². The molecule has 1 aromatic carbocycles. The molecule has 1 atom stereocenters. The van der Waals surface area contributed by atoms with Crippen molar-refractivity contribution in [3.8, 4) is 0 Å². The highest BCUT2D eigenvalue weighted by Gasteiger charge is 2.46. The lowest BCUT2D eigenvalue weighted by Gasteiger charge is -2.52. The van der Waals surface area contributed by atoms with Gasteiger partial charge in [-0.25, -0.2) is 0 Å². The molecule has 4 heteroatoms. The Morgan fingerprint density at radius 2 is 1.86 bits per heavy atom. The molecule has 1 unspecified atom stereocenters. The molecule has 2 fully saturated rings. The molecule has 1 N–H and O–H groups in total. The van der Waals surface area contributed by atoms with E-state index < -0.39 is 0 Å². The van der Waals surface area contributed by atoms with E-state index in [9.17, 15) is 10.1 Å². The normalized spacial score (nSPS) is 23.7. The Kier molecular flexibility index (Phi) is 4.24. The number of hydrogen-bond acceptors (Lipinski definition) is 3. The summed E-state index contributed by atoms with van der Waals surface area (Å²) in [5.41, 5.74) is 1.95. The zero-order valence-corrected chi connectivity index (χ0v) is 12.5. The van der Waals surface area contributed by atoms with E-state index in [-0.39, 0.29) is 10.6 Å². The fourth-order valence-electron chi connectivity index (χ4n) is 4.04. The van der Waals surface area contributed by atoms with Crippen molar-refractivity contribution in [3.63, 3.8) is 0 Å². The highest BCUT2D eigenvalue weighted by molar-refractivity contribution is 5.32. The second kappa shape index (κ2) is 6.14. The third-order valence-corrected chi connectivity index (χ3v) is 5.47. The average molecular weight is 288 g/mol. The van der Waals surface area contributed by atoms with Gasteiger partial charge in [-0.15, -0.1) is 0 Å². The Labute approximate surface area is 126 Å². The number of non-ortho nitro benzene ring substituents is 1. The minimum absolute atomic E-state index is 0.173. The van der Waals surface area contributed by atoms with E-state index in [0.29, 0.717) is 11.5 Å². The highest BCUT2D eigenvalue weighted by atomic mass is 16.6. The third-order valence-electron chi connectivity index (χ3n) is 5.47. The number of nitrogens with one attached hydrogen (secondary N) is 1. The van der Waals surface area contributed by atoms with Gasteiger partial charge in [0.25, 0.3) is 5.69 Å². The first-order valence-corrected chi connectivity index (χ1v) is 8.16. The van der Waals surface area contributed by atoms with Crippen LogP contribution in [0.1, 0.15) is 50.5 Å². The average Bonchev–Trinajstić information content (AvgIpc) is 2.51. The van der Waals surface area contributed by atoms with Gasteiger partial charge in [-0.05, 0) is 49.6 Å². The van der Waals surface area contributed by atoms with E-state index >= 15 is 0 Å². The quantitative estimate of drug-likeness (QED) is 0.661. The second-order valence-electron chi connectivity index (χ2n) is 6.64. The van der Waals surface area contributed by atoms with Crippen molar-refractivity contribution < 1.29 is 4.92 Å². The smallest absolute Gasteiger partial charge is 0.269 e. The Balaban J connectivity index is 1.46. The van der Waals surface area contributed by atoms with Crippen molar-refractivity contribution in [3.05, 3.63) is 39.9 Å². The van der Waals surface area contributed by atoms with Crippen LogP contribution in [0.5, 0.6) is 0 Å². The summed E-state index contributed by atoms with van der Waals surface area (Å²) in [5, 5.41) is 14.4. The lowest BCUT2D eigenvalue weighted by molar-refractivity contribution is -0.384. The predicted molar refractivity (Wildman–Crippen MR) is 83.3 cm³/mol. The van der Waals surface area contributed by atoms with Gasteiger partial charge in [0.1, 0.15) is 0 Å². The Bertz CT molecular complexity index is 492. The molecule has 0 amide bonds. The van der Waals surface area contributed by atoms with Crippen molar-refractivity contribution in [2.24, 2.45) is 5.41 Å². The zero-order chi connectivity index (χ0) is 14.7. The first kappa shape index (κ1) is 14.5. The van der Waals surface area contributed by atoms with Crippen LogP contribution in [0.2, 0.25) is 0 Å². The van der Waals surface area contributed by atoms with Crippen LogP contribution in [0, 0.1) is 15.5 Å². The standard InChI is InChI=1S/C17H24N2O2/c20-19(21)15-6-4-14(5-7-15)9-13-18-16-8-12-17(16)10-2-1-3-11-17/h4-7,16,18H,1-3,8-13H2. The van der Waals surface area contributed by atoms with Crippen LogP contribution in [-0.2, 0) is 6.42 Å². The zero-order valence-electron chi connectivity index (χ0n) is 12.5. The van der Waals surface area contributed by atoms with Crippen molar-refractivity contribution in [2.75, 3.05) is 6.54 Å². The van der Waals surface area contributed by atoms with Crippen LogP contribution in [-0.4, -0.2) is 17.5 Å². The summed E-state index contributed by atoms with van der Waals surface area (Å²) in [6.45, 7) is 0.976. The molecule has 1 aromatic rings. The predicted octanol–water partition coefficient (Wildman–Crippen LogP) is 3.84. The fraction of sp³-hybridized carbons (Fsp3) is 0.647. The molecular formula is C17H24N2O2. The largest absolute Gasteiger partial charge is 0.313 e. The summed E-state index contributed by atoms with van der Waals surface area (Å²) in [4.78, 5) is 10.3. The van der Waals surface area contributed by atoms with Crippen LogP contribution in [0.15, 0.2) is 24.3 Å². The van der Waals surface area contributed by atoms with E-state index in [4.69, 9.17) is 0 Å². The van der Waals surface area contributed by atoms with Crippen LogP contribution >= 0.6 is 0 Å². The van der Waals surface area contributed by atoms with E-state index in [1.54, 1.807) is 12.1 Å². The maximum Gasteiger partial charge on any atom is 0.269 e. The monoisotopic (exact) mass is 288 g/mol. The van der Waals surface area contributed by atoms with Crippen molar-refractivity contribution in [1.82, 2.24) is 5.32 Å². The van der Waals surface area contributed by atoms with Gasteiger partial charge in [-0.3, -0.25) is 10.1 Å². The SMILES string of the molecule is O=[N+]([O-])c1ccc(CCNC2CCC23CCCCC3)cc1. The molecule has 114 valence electrons. The van der Waals surface area contributed by atoms with Gasteiger partial charge in [0, 0.05) is 18.2 Å². The Morgan fingerprint density at radius 3 is 2.43 bits per heavy atom. The van der Waals surface area contributed by atoms with Crippen LogP contribution in [0.25, 0.3) is 0 Å². The molecule has 0 saturated heterocycles. The summed E-state index contributed by atoms with van der Waals surface area (Å²) in [7, 11) is 0. The number of nitro groups is 1. The maximum absolute atomic E-state index is 10.6. The Hall–Kier alpha value is -1.42. The number of benzene rings is 1. The molecule has 3 rings (SSSR count). The van der Waals surface area contributed by atoms with Gasteiger partial charge >= 0.3 is 0 Å². The summed E-state index contributed by atoms with van der Waals surface area (Å²) in [6, 6.07) is 7.65. The second-order valence-corrected chi connectivity index (χ2v) is 6.64. The van der Waals surface area contributed by atoms with Gasteiger partial charge in [0.05, 0.1) is 4.92 Å². The molecule has 2 saturated carbocycles. The summed E-state index contributed by atoms with van der Waals surface area (Å²) >= 11 is 0. The highest BCUT2D eigenvalue weighted by Crippen LogP contribution is 2.51. The first-order valence-electron chi connectivity index (χ1n) is 8.16. The van der Waals surface area contributed by atoms with Gasteiger partial charge in [0.2, 0.25) is 0 Å². The van der Waals surface area contributed by atoms with Gasteiger partial charge in [0.15, 0.2) is 0 Å². The summed E-state index contributed by atoms with van der Waals surface area (Å²) < 4.78 is 0. The molecule has 0 aliphatic heterocycles. The summed E-state index contributed by atoms with van der Waals surface area (Å²) in [6.07, 6.45) is 10.7. The van der Waals surface area contributed by atoms with Crippen molar-refractivity contribution in [1.29, 1.82) is 0 Å². The van der Waals surface area contributed by atoms with Crippen LogP contribution in [0.4, 0.5) is 5.69 Å². The molecular weight excluding hydrogens is 264 g/mol. The molecule has 0 heterocycles. The molecule has 2 aliphatic rings. The molecule has 1 spiro atoms. The van der Waals surface area contributed by atoms with Gasteiger partial charge in [-0.1, -0.05) is 31.4 Å². The van der Waals surface area contributed by atoms with E-state index in [2.05, 4.69) is 5.32 Å². The van der Waals surface area contributed by atoms with Gasteiger partial charge in [-0.2, -0.15) is 0 Å². The minimum atomic E-state index is -0.344. The van der Waals surface area contributed by atoms with Crippen molar-refractivity contribution in [2.45, 2.75) is 57.4 Å². The van der Waals surface area contributed by atoms with Crippen LogP contribution < -0.4 is 5.32 Å². The molecule has 0 bridgehead atoms. The molecule has 4 nitrogen and oxygen atoms in total. The molecule has 21 heavy (non-hydrogen) atoms. The molecule has 0 aromatic heterocycles. The maximum atomic E-state index is 10.6. The number of nitrogens with zero attached hydrogens (tertiary/aromatic N) is 1. The fourth-order valence-corrected chi connectivity index (χ4v) is 4.04. The van der Waals surface area contributed by atoms with Crippen molar-refractivity contribution >= 4 is 5.69 Å². The number of nitro benzene ring substituents is 1. The van der Waals surface area contributed by atoms with E-state index in [1.165, 1.54) is 50.5 Å². The van der Waals surface area contributed by atoms with E-state index in [0.717, 1.165) is 13.0 Å². The molecule has 0 radical (unpaired) electrons.